The number of methoxy groups -OCH3 is 1. The average Bonchev–Trinajstić information content (AvgIpc) is 2.62. The van der Waals surface area contributed by atoms with Crippen molar-refractivity contribution in [2.75, 3.05) is 7.11 Å². The molecule has 2 aromatic carbocycles. The highest BCUT2D eigenvalue weighted by Gasteiger charge is 2.20. The summed E-state index contributed by atoms with van der Waals surface area (Å²) in [4.78, 5) is -0.172. The normalized spacial score (nSPS) is 10.3. The quantitative estimate of drug-likeness (QED) is 0.542. The zero-order valence-corrected chi connectivity index (χ0v) is 15.6. The number of hydrogen-bond donors (Lipinski definition) is 0. The third-order valence-electron chi connectivity index (χ3n) is 3.12. The molecule has 0 atom stereocenters. The molecule has 132 valence electrons. The van der Waals surface area contributed by atoms with E-state index in [-0.39, 0.29) is 32.0 Å². The highest BCUT2D eigenvalue weighted by Crippen LogP contribution is 2.32. The van der Waals surface area contributed by atoms with Gasteiger partial charge in [-0.2, -0.15) is 18.9 Å². The maximum Gasteiger partial charge on any atom is 0.339 e. The van der Waals surface area contributed by atoms with Crippen LogP contribution in [0, 0.1) is 22.7 Å². The van der Waals surface area contributed by atoms with Crippen LogP contribution in [0.5, 0.6) is 11.5 Å². The van der Waals surface area contributed by atoms with Crippen LogP contribution in [0.2, 0.25) is 10.0 Å². The summed E-state index contributed by atoms with van der Waals surface area (Å²) in [5.41, 5.74) is 0.364. The van der Waals surface area contributed by atoms with E-state index in [4.69, 9.17) is 42.6 Å². The maximum absolute atomic E-state index is 12.4. The van der Waals surface area contributed by atoms with Crippen LogP contribution in [0.4, 0.5) is 0 Å². The molecular weight excluding hydrogens is 399 g/mol. The van der Waals surface area contributed by atoms with Crippen LogP contribution in [-0.4, -0.2) is 15.5 Å². The zero-order valence-electron chi connectivity index (χ0n) is 13.2. The first-order valence-electron chi connectivity index (χ1n) is 6.90. The number of nitriles is 2. The van der Waals surface area contributed by atoms with Crippen LogP contribution in [0.25, 0.3) is 6.08 Å². The summed E-state index contributed by atoms with van der Waals surface area (Å²) < 4.78 is 35.1. The molecule has 0 heterocycles. The van der Waals surface area contributed by atoms with Gasteiger partial charge in [0.15, 0.2) is 11.5 Å². The van der Waals surface area contributed by atoms with E-state index in [9.17, 15) is 8.42 Å². The molecule has 0 spiro atoms. The first-order chi connectivity index (χ1) is 12.3. The fourth-order valence-corrected chi connectivity index (χ4v) is 3.23. The molecule has 2 aromatic rings. The predicted octanol–water partition coefficient (Wildman–Crippen LogP) is 4.20. The van der Waals surface area contributed by atoms with Gasteiger partial charge in [0.2, 0.25) is 0 Å². The Morgan fingerprint density at radius 1 is 1.04 bits per heavy atom. The number of rotatable bonds is 5. The molecule has 0 saturated heterocycles. The van der Waals surface area contributed by atoms with Gasteiger partial charge in [-0.25, -0.2) is 0 Å². The fourth-order valence-electron chi connectivity index (χ4n) is 1.90. The van der Waals surface area contributed by atoms with Crippen LogP contribution < -0.4 is 8.92 Å². The van der Waals surface area contributed by atoms with Crippen molar-refractivity contribution in [3.8, 4) is 23.6 Å². The lowest BCUT2D eigenvalue weighted by atomic mass is 10.1. The standard InChI is InChI=1S/C17H10Cl2N2O4S/c1-24-17-7-11(6-12(9-20)10-21)2-5-16(17)25-26(22,23)13-3-4-14(18)15(19)8-13/h2-8H,1H3. The fraction of sp³-hybridized carbons (Fsp3) is 0.0588. The Morgan fingerprint density at radius 3 is 2.31 bits per heavy atom. The highest BCUT2D eigenvalue weighted by atomic mass is 35.5. The summed E-state index contributed by atoms with van der Waals surface area (Å²) in [6.07, 6.45) is 1.33. The van der Waals surface area contributed by atoms with E-state index >= 15 is 0 Å². The van der Waals surface area contributed by atoms with Crippen molar-refractivity contribution in [3.05, 3.63) is 57.6 Å². The summed E-state index contributed by atoms with van der Waals surface area (Å²) in [7, 11) is -2.84. The van der Waals surface area contributed by atoms with Gasteiger partial charge in [-0.15, -0.1) is 0 Å². The molecule has 9 heteroatoms. The summed E-state index contributed by atoms with van der Waals surface area (Å²) in [5, 5.41) is 17.9. The summed E-state index contributed by atoms with van der Waals surface area (Å²) in [6.45, 7) is 0. The van der Waals surface area contributed by atoms with Crippen LogP contribution in [0.15, 0.2) is 46.9 Å². The molecule has 0 aliphatic carbocycles. The van der Waals surface area contributed by atoms with Crippen molar-refractivity contribution in [1.82, 2.24) is 0 Å². The molecule has 0 fully saturated rings. The first kappa shape index (κ1) is 19.6. The monoisotopic (exact) mass is 408 g/mol. The number of allylic oxidation sites excluding steroid dienone is 1. The molecule has 0 bridgehead atoms. The second-order valence-electron chi connectivity index (χ2n) is 4.81. The Kier molecular flexibility index (Phi) is 6.12. The molecule has 0 N–H and O–H groups in total. The summed E-state index contributed by atoms with van der Waals surface area (Å²) in [6, 6.07) is 11.5. The minimum absolute atomic E-state index is 0.0637. The number of nitrogens with zero attached hydrogens (tertiary/aromatic N) is 2. The Balaban J connectivity index is 2.40. The van der Waals surface area contributed by atoms with E-state index < -0.39 is 10.1 Å². The van der Waals surface area contributed by atoms with Gasteiger partial charge in [-0.1, -0.05) is 29.3 Å². The van der Waals surface area contributed by atoms with Gasteiger partial charge >= 0.3 is 10.1 Å². The average molecular weight is 409 g/mol. The van der Waals surface area contributed by atoms with Crippen molar-refractivity contribution in [2.24, 2.45) is 0 Å². The number of halogens is 2. The van der Waals surface area contributed by atoms with Gasteiger partial charge < -0.3 is 8.92 Å². The van der Waals surface area contributed by atoms with Crippen molar-refractivity contribution in [2.45, 2.75) is 4.90 Å². The second-order valence-corrected chi connectivity index (χ2v) is 7.17. The molecule has 0 unspecified atom stereocenters. The Labute approximate surface area is 160 Å². The molecule has 0 aromatic heterocycles. The minimum Gasteiger partial charge on any atom is -0.493 e. The number of benzene rings is 2. The molecule has 0 amide bonds. The SMILES string of the molecule is COc1cc(C=C(C#N)C#N)ccc1OS(=O)(=O)c1ccc(Cl)c(Cl)c1. The number of hydrogen-bond acceptors (Lipinski definition) is 6. The molecule has 0 aliphatic heterocycles. The smallest absolute Gasteiger partial charge is 0.339 e. The Morgan fingerprint density at radius 2 is 1.73 bits per heavy atom. The van der Waals surface area contributed by atoms with Gasteiger partial charge in [-0.3, -0.25) is 0 Å². The van der Waals surface area contributed by atoms with E-state index in [0.29, 0.717) is 5.56 Å². The molecule has 6 nitrogen and oxygen atoms in total. The molecule has 0 saturated carbocycles. The molecule has 0 radical (unpaired) electrons. The van der Waals surface area contributed by atoms with E-state index in [1.165, 1.54) is 49.6 Å². The lowest BCUT2D eigenvalue weighted by Crippen LogP contribution is -2.10. The van der Waals surface area contributed by atoms with E-state index in [2.05, 4.69) is 0 Å². The third kappa shape index (κ3) is 4.47. The Hall–Kier alpha value is -2.71. The van der Waals surface area contributed by atoms with Crippen LogP contribution in [0.1, 0.15) is 5.56 Å². The van der Waals surface area contributed by atoms with Gasteiger partial charge in [0, 0.05) is 0 Å². The molecular formula is C17H10Cl2N2O4S. The van der Waals surface area contributed by atoms with E-state index in [0.717, 1.165) is 0 Å². The van der Waals surface area contributed by atoms with Gasteiger partial charge in [0.25, 0.3) is 0 Å². The first-order valence-corrected chi connectivity index (χ1v) is 9.06. The number of ether oxygens (including phenoxy) is 1. The van der Waals surface area contributed by atoms with Crippen LogP contribution >= 0.6 is 23.2 Å². The zero-order chi connectivity index (χ0) is 19.3. The summed E-state index contributed by atoms with van der Waals surface area (Å²) >= 11 is 11.6. The van der Waals surface area contributed by atoms with Crippen molar-refractivity contribution in [1.29, 1.82) is 10.5 Å². The van der Waals surface area contributed by atoms with Crippen molar-refractivity contribution in [3.63, 3.8) is 0 Å². The Bertz CT molecular complexity index is 1050. The second kappa shape index (κ2) is 8.11. The molecule has 0 aliphatic rings. The maximum atomic E-state index is 12.4. The lowest BCUT2D eigenvalue weighted by Gasteiger charge is -2.12. The highest BCUT2D eigenvalue weighted by molar-refractivity contribution is 7.87. The third-order valence-corrected chi connectivity index (χ3v) is 5.09. The lowest BCUT2D eigenvalue weighted by molar-refractivity contribution is 0.390. The van der Waals surface area contributed by atoms with Crippen LogP contribution in [0.3, 0.4) is 0 Å². The molecule has 26 heavy (non-hydrogen) atoms. The predicted molar refractivity (Wildman–Crippen MR) is 96.5 cm³/mol. The van der Waals surface area contributed by atoms with Gasteiger partial charge in [0.05, 0.1) is 17.2 Å². The van der Waals surface area contributed by atoms with Gasteiger partial charge in [0.1, 0.15) is 22.6 Å². The van der Waals surface area contributed by atoms with Gasteiger partial charge in [-0.05, 0) is 42.0 Å². The minimum atomic E-state index is -4.17. The molecule has 2 rings (SSSR count). The van der Waals surface area contributed by atoms with E-state index in [1.807, 2.05) is 0 Å². The topological polar surface area (TPSA) is 100 Å². The largest absolute Gasteiger partial charge is 0.493 e. The van der Waals surface area contributed by atoms with E-state index in [1.54, 1.807) is 12.1 Å². The van der Waals surface area contributed by atoms with Crippen molar-refractivity contribution < 1.29 is 17.3 Å². The van der Waals surface area contributed by atoms with Crippen molar-refractivity contribution >= 4 is 39.4 Å². The van der Waals surface area contributed by atoms with Crippen LogP contribution in [-0.2, 0) is 10.1 Å². The summed E-state index contributed by atoms with van der Waals surface area (Å²) in [5.74, 6) is 0.0452.